The van der Waals surface area contributed by atoms with E-state index in [0.717, 1.165) is 0 Å². The van der Waals surface area contributed by atoms with Crippen LogP contribution in [0.5, 0.6) is 5.75 Å². The maximum atomic E-state index is 13.0. The van der Waals surface area contributed by atoms with Gasteiger partial charge in [-0.25, -0.2) is 4.98 Å². The van der Waals surface area contributed by atoms with Crippen molar-refractivity contribution in [3.63, 3.8) is 0 Å². The Morgan fingerprint density at radius 1 is 1.24 bits per heavy atom. The van der Waals surface area contributed by atoms with E-state index < -0.39 is 23.8 Å². The molecule has 2 amide bonds. The van der Waals surface area contributed by atoms with Crippen molar-refractivity contribution in [3.05, 3.63) is 42.0 Å². The molecule has 2 unspecified atom stereocenters. The van der Waals surface area contributed by atoms with Crippen LogP contribution in [0.15, 0.2) is 30.6 Å². The molecule has 11 heteroatoms. The fourth-order valence-electron chi connectivity index (χ4n) is 2.88. The van der Waals surface area contributed by atoms with E-state index in [1.54, 1.807) is 32.0 Å². The predicted molar refractivity (Wildman–Crippen MR) is 123 cm³/mol. The number of rotatable bonds is 4. The summed E-state index contributed by atoms with van der Waals surface area (Å²) in [5, 5.41) is 5.59. The van der Waals surface area contributed by atoms with Crippen molar-refractivity contribution in [2.45, 2.75) is 52.4 Å². The van der Waals surface area contributed by atoms with Crippen LogP contribution < -0.4 is 20.3 Å². The van der Waals surface area contributed by atoms with Crippen molar-refractivity contribution in [1.29, 1.82) is 0 Å². The molecule has 1 aliphatic heterocycles. The Hall–Kier alpha value is -3.21. The van der Waals surface area contributed by atoms with Gasteiger partial charge in [-0.05, 0) is 46.9 Å². The Balaban J connectivity index is 0.000000604. The molecule has 0 spiro atoms. The van der Waals surface area contributed by atoms with E-state index in [9.17, 15) is 22.8 Å². The molecule has 8 nitrogen and oxygen atoms in total. The van der Waals surface area contributed by atoms with E-state index in [1.165, 1.54) is 11.1 Å². The topological polar surface area (TPSA) is 96.4 Å². The lowest BCUT2D eigenvalue weighted by Crippen LogP contribution is -2.38. The summed E-state index contributed by atoms with van der Waals surface area (Å²) in [7, 11) is 1.96. The van der Waals surface area contributed by atoms with Crippen molar-refractivity contribution in [3.8, 4) is 5.75 Å². The lowest BCUT2D eigenvalue weighted by molar-refractivity contribution is -0.141. The number of amides is 2. The highest BCUT2D eigenvalue weighted by Crippen LogP contribution is 2.39. The number of nitrogens with zero attached hydrogens (tertiary/aromatic N) is 3. The van der Waals surface area contributed by atoms with Crippen LogP contribution in [0.1, 0.15) is 52.0 Å². The number of nitrogens with one attached hydrogen (secondary N) is 2. The van der Waals surface area contributed by atoms with E-state index in [0.29, 0.717) is 35.3 Å². The molecule has 2 aromatic rings. The summed E-state index contributed by atoms with van der Waals surface area (Å²) in [6, 6.07) is 3.86. The molecule has 0 fully saturated rings. The van der Waals surface area contributed by atoms with Crippen LogP contribution in [0.2, 0.25) is 0 Å². The first kappa shape index (κ1) is 27.0. The second kappa shape index (κ2) is 10.8. The maximum absolute atomic E-state index is 13.0. The van der Waals surface area contributed by atoms with Gasteiger partial charge in [0.05, 0.1) is 42.3 Å². The van der Waals surface area contributed by atoms with Gasteiger partial charge in [0.25, 0.3) is 0 Å². The summed E-state index contributed by atoms with van der Waals surface area (Å²) in [6.07, 6.45) is -2.30. The molecule has 0 aliphatic carbocycles. The van der Waals surface area contributed by atoms with Crippen molar-refractivity contribution in [2.24, 2.45) is 5.92 Å². The number of alkyl halides is 3. The van der Waals surface area contributed by atoms with E-state index in [-0.39, 0.29) is 18.2 Å². The quantitative estimate of drug-likeness (QED) is 0.636. The van der Waals surface area contributed by atoms with Gasteiger partial charge >= 0.3 is 6.18 Å². The molecule has 2 N–H and O–H groups in total. The maximum Gasteiger partial charge on any atom is 0.434 e. The zero-order valence-corrected chi connectivity index (χ0v) is 20.0. The van der Waals surface area contributed by atoms with Crippen molar-refractivity contribution < 1.29 is 27.5 Å². The van der Waals surface area contributed by atoms with Gasteiger partial charge in [0.1, 0.15) is 5.75 Å². The minimum atomic E-state index is -4.64. The largest absolute Gasteiger partial charge is 0.491 e. The van der Waals surface area contributed by atoms with Crippen LogP contribution in [0.25, 0.3) is 0 Å². The smallest absolute Gasteiger partial charge is 0.434 e. The molecule has 34 heavy (non-hydrogen) atoms. The van der Waals surface area contributed by atoms with Gasteiger partial charge in [-0.2, -0.15) is 13.2 Å². The molecular formula is C23H30F3N5O3. The van der Waals surface area contributed by atoms with Crippen molar-refractivity contribution in [2.75, 3.05) is 23.9 Å². The van der Waals surface area contributed by atoms with E-state index >= 15 is 0 Å². The number of aromatic nitrogens is 2. The number of benzene rings is 1. The molecule has 0 bridgehead atoms. The predicted octanol–water partition coefficient (Wildman–Crippen LogP) is 4.19. The third-order valence-corrected chi connectivity index (χ3v) is 5.10. The first-order valence-corrected chi connectivity index (χ1v) is 10.7. The van der Waals surface area contributed by atoms with Gasteiger partial charge in [0.2, 0.25) is 12.3 Å². The summed E-state index contributed by atoms with van der Waals surface area (Å²) in [4.78, 5) is 32.2. The van der Waals surface area contributed by atoms with Gasteiger partial charge in [-0.3, -0.25) is 19.5 Å². The molecule has 0 saturated carbocycles. The molecule has 186 valence electrons. The van der Waals surface area contributed by atoms with Crippen LogP contribution in [-0.4, -0.2) is 41.5 Å². The van der Waals surface area contributed by atoms with Gasteiger partial charge in [0, 0.05) is 17.3 Å². The van der Waals surface area contributed by atoms with E-state index in [2.05, 4.69) is 41.4 Å². The summed E-state index contributed by atoms with van der Waals surface area (Å²) >= 11 is 0. The van der Waals surface area contributed by atoms with Crippen molar-refractivity contribution >= 4 is 23.7 Å². The second-order valence-corrected chi connectivity index (χ2v) is 8.87. The Labute approximate surface area is 196 Å². The number of carbonyl (C=O) groups excluding carboxylic acids is 2. The fourth-order valence-corrected chi connectivity index (χ4v) is 2.88. The molecule has 2 heterocycles. The summed E-state index contributed by atoms with van der Waals surface area (Å²) < 4.78 is 44.7. The number of hydrogen-bond donors (Lipinski definition) is 2. The standard InChI is InChI=1S/C18H17F3N4O3.C5H13N/c1-10-8-28-15-5-12(23-9-26)3-4-14(15)25(17(10)27)11(2)13-6-22-7-16(24-13)18(19,20)21;1-5(2,3)6-4/h3-7,9-11H,8H2,1-2H3,(H,23,26);6H,1-4H3. The first-order chi connectivity index (χ1) is 15.8. The number of ether oxygens (including phenoxy) is 1. The molecule has 2 atom stereocenters. The number of carbonyl (C=O) groups is 2. The second-order valence-electron chi connectivity index (χ2n) is 8.87. The highest BCUT2D eigenvalue weighted by Gasteiger charge is 2.36. The average molecular weight is 482 g/mol. The third kappa shape index (κ3) is 6.89. The highest BCUT2D eigenvalue weighted by atomic mass is 19.4. The Bertz CT molecular complexity index is 1010. The van der Waals surface area contributed by atoms with Crippen LogP contribution >= 0.6 is 0 Å². The zero-order chi connectivity index (χ0) is 25.7. The summed E-state index contributed by atoms with van der Waals surface area (Å²) in [6.45, 7) is 9.72. The number of hydrogen-bond acceptors (Lipinski definition) is 6. The van der Waals surface area contributed by atoms with Gasteiger partial charge < -0.3 is 15.4 Å². The van der Waals surface area contributed by atoms with E-state index in [1.807, 2.05) is 7.05 Å². The first-order valence-electron chi connectivity index (χ1n) is 10.7. The van der Waals surface area contributed by atoms with Gasteiger partial charge in [-0.15, -0.1) is 0 Å². The number of anilines is 2. The average Bonchev–Trinajstić information content (AvgIpc) is 2.89. The Morgan fingerprint density at radius 3 is 2.44 bits per heavy atom. The summed E-state index contributed by atoms with van der Waals surface area (Å²) in [5.74, 6) is -0.519. The molecule has 1 aromatic carbocycles. The molecule has 0 saturated heterocycles. The van der Waals surface area contributed by atoms with Gasteiger partial charge in [-0.1, -0.05) is 6.92 Å². The lowest BCUT2D eigenvalue weighted by atomic mass is 10.1. The molecule has 1 aromatic heterocycles. The minimum Gasteiger partial charge on any atom is -0.491 e. The van der Waals surface area contributed by atoms with E-state index in [4.69, 9.17) is 4.74 Å². The lowest BCUT2D eigenvalue weighted by Gasteiger charge is -2.29. The molecule has 0 radical (unpaired) electrons. The molecular weight excluding hydrogens is 451 g/mol. The molecule has 1 aliphatic rings. The molecule has 3 rings (SSSR count). The van der Waals surface area contributed by atoms with Gasteiger partial charge in [0.15, 0.2) is 5.69 Å². The Morgan fingerprint density at radius 2 is 1.88 bits per heavy atom. The van der Waals surface area contributed by atoms with Crippen LogP contribution in [0.4, 0.5) is 24.5 Å². The SMILES string of the molecule is CC1COc2cc(NC=O)ccc2N(C(C)c2cncc(C(F)(F)F)n2)C1=O.CNC(C)(C)C. The normalized spacial score (nSPS) is 16.9. The van der Waals surface area contributed by atoms with Crippen molar-refractivity contribution in [1.82, 2.24) is 15.3 Å². The number of fused-ring (bicyclic) bond motifs is 1. The fraction of sp³-hybridized carbons (Fsp3) is 0.478. The monoisotopic (exact) mass is 481 g/mol. The van der Waals surface area contributed by atoms with Crippen LogP contribution in [0, 0.1) is 5.92 Å². The highest BCUT2D eigenvalue weighted by molar-refractivity contribution is 5.98. The minimum absolute atomic E-state index is 0.00156. The third-order valence-electron chi connectivity index (χ3n) is 5.10. The van der Waals surface area contributed by atoms with Crippen LogP contribution in [-0.2, 0) is 15.8 Å². The summed E-state index contributed by atoms with van der Waals surface area (Å²) in [5.41, 5.74) is -0.00721. The number of halogens is 3. The zero-order valence-electron chi connectivity index (χ0n) is 20.0. The Kier molecular flexibility index (Phi) is 8.60. The van der Waals surface area contributed by atoms with Crippen LogP contribution in [0.3, 0.4) is 0 Å².